The van der Waals surface area contributed by atoms with E-state index in [1.165, 1.54) is 0 Å². The van der Waals surface area contributed by atoms with Gasteiger partial charge in [-0.15, -0.1) is 0 Å². The van der Waals surface area contributed by atoms with E-state index in [0.29, 0.717) is 16.4 Å². The molecule has 4 nitrogen and oxygen atoms in total. The lowest BCUT2D eigenvalue weighted by Crippen LogP contribution is -2.46. The number of nitrogens with one attached hydrogen (secondary N) is 1. The molecule has 1 aromatic carbocycles. The number of phenolic OH excluding ortho intramolecular Hbond substituents is 1. The van der Waals surface area contributed by atoms with Crippen molar-refractivity contribution in [2.24, 2.45) is 0 Å². The van der Waals surface area contributed by atoms with Crippen molar-refractivity contribution in [3.63, 3.8) is 0 Å². The highest BCUT2D eigenvalue weighted by molar-refractivity contribution is 14.1. The van der Waals surface area contributed by atoms with Gasteiger partial charge in [0, 0.05) is 15.7 Å². The zero-order valence-electron chi connectivity index (χ0n) is 10.8. The number of carbonyl (C=O) groups excluding carboxylic acids is 1. The van der Waals surface area contributed by atoms with Crippen LogP contribution in [-0.2, 0) is 0 Å². The number of amides is 1. The van der Waals surface area contributed by atoms with Crippen molar-refractivity contribution in [1.82, 2.24) is 5.32 Å². The number of aromatic hydroxyl groups is 1. The average Bonchev–Trinajstić information content (AvgIpc) is 2.33. The van der Waals surface area contributed by atoms with E-state index in [1.54, 1.807) is 12.1 Å². The Morgan fingerprint density at radius 1 is 1.42 bits per heavy atom. The Morgan fingerprint density at radius 2 is 2.05 bits per heavy atom. The molecule has 0 fully saturated rings. The summed E-state index contributed by atoms with van der Waals surface area (Å²) in [7, 11) is 0. The van der Waals surface area contributed by atoms with Gasteiger partial charge < -0.3 is 15.5 Å². The molecule has 19 heavy (non-hydrogen) atoms. The quantitative estimate of drug-likeness (QED) is 0.558. The molecule has 1 aromatic rings. The number of rotatable bonds is 5. The summed E-state index contributed by atoms with van der Waals surface area (Å²) in [6.45, 7) is 3.85. The standard InChI is InChI=1S/C13H17I2NO3/c1-3-13(2,4-5-17)16-12(19)9-6-8(14)7-10(15)11(9)18/h6-7,17-18H,3-5H2,1-2H3,(H,16,19). The van der Waals surface area contributed by atoms with Crippen LogP contribution in [0, 0.1) is 7.14 Å². The van der Waals surface area contributed by atoms with Gasteiger partial charge in [0.15, 0.2) is 0 Å². The van der Waals surface area contributed by atoms with Crippen LogP contribution in [0.5, 0.6) is 5.75 Å². The Labute approximate surface area is 140 Å². The Kier molecular flexibility index (Phi) is 6.31. The number of aliphatic hydroxyl groups is 1. The van der Waals surface area contributed by atoms with Crippen molar-refractivity contribution >= 4 is 51.1 Å². The Morgan fingerprint density at radius 3 is 2.58 bits per heavy atom. The molecule has 3 N–H and O–H groups in total. The first-order valence-electron chi connectivity index (χ1n) is 5.94. The van der Waals surface area contributed by atoms with Crippen LogP contribution in [0.1, 0.15) is 37.0 Å². The highest BCUT2D eigenvalue weighted by Gasteiger charge is 2.26. The van der Waals surface area contributed by atoms with Gasteiger partial charge in [-0.25, -0.2) is 0 Å². The van der Waals surface area contributed by atoms with Crippen molar-refractivity contribution in [2.75, 3.05) is 6.61 Å². The fraction of sp³-hybridized carbons (Fsp3) is 0.462. The number of hydrogen-bond donors (Lipinski definition) is 3. The van der Waals surface area contributed by atoms with Gasteiger partial charge in [-0.05, 0) is 77.1 Å². The van der Waals surface area contributed by atoms with Gasteiger partial charge in [0.05, 0.1) is 9.13 Å². The normalized spacial score (nSPS) is 13.9. The maximum Gasteiger partial charge on any atom is 0.255 e. The molecule has 0 saturated carbocycles. The second-order valence-corrected chi connectivity index (χ2v) is 7.03. The lowest BCUT2D eigenvalue weighted by molar-refractivity contribution is 0.0883. The number of halogens is 2. The van der Waals surface area contributed by atoms with Gasteiger partial charge in [0.2, 0.25) is 0 Å². The van der Waals surface area contributed by atoms with Gasteiger partial charge in [-0.1, -0.05) is 6.92 Å². The van der Waals surface area contributed by atoms with Crippen LogP contribution in [-0.4, -0.2) is 28.3 Å². The molecular formula is C13H17I2NO3. The summed E-state index contributed by atoms with van der Waals surface area (Å²) in [6.07, 6.45) is 1.19. The number of benzene rings is 1. The molecule has 1 rings (SSSR count). The molecule has 0 bridgehead atoms. The van der Waals surface area contributed by atoms with Crippen molar-refractivity contribution in [3.05, 3.63) is 24.8 Å². The van der Waals surface area contributed by atoms with E-state index < -0.39 is 5.54 Å². The van der Waals surface area contributed by atoms with Crippen LogP contribution >= 0.6 is 45.2 Å². The van der Waals surface area contributed by atoms with E-state index in [2.05, 4.69) is 27.9 Å². The monoisotopic (exact) mass is 489 g/mol. The lowest BCUT2D eigenvalue weighted by Gasteiger charge is -2.29. The van der Waals surface area contributed by atoms with E-state index in [4.69, 9.17) is 5.11 Å². The lowest BCUT2D eigenvalue weighted by atomic mass is 9.94. The molecular weight excluding hydrogens is 472 g/mol. The molecule has 1 amide bonds. The predicted molar refractivity (Wildman–Crippen MR) is 91.4 cm³/mol. The SMILES string of the molecule is CCC(C)(CCO)NC(=O)c1cc(I)cc(I)c1O. The molecule has 0 aliphatic heterocycles. The maximum absolute atomic E-state index is 12.3. The summed E-state index contributed by atoms with van der Waals surface area (Å²) in [4.78, 5) is 12.3. The number of hydrogen-bond acceptors (Lipinski definition) is 3. The van der Waals surface area contributed by atoms with Crippen LogP contribution in [0.25, 0.3) is 0 Å². The molecule has 0 radical (unpaired) electrons. The summed E-state index contributed by atoms with van der Waals surface area (Å²) in [6, 6.07) is 3.46. The Balaban J connectivity index is 3.01. The van der Waals surface area contributed by atoms with Crippen molar-refractivity contribution in [3.8, 4) is 5.75 Å². The average molecular weight is 489 g/mol. The fourth-order valence-corrected chi connectivity index (χ4v) is 3.50. The van der Waals surface area contributed by atoms with E-state index in [-0.39, 0.29) is 23.8 Å². The van der Waals surface area contributed by atoms with Crippen molar-refractivity contribution in [2.45, 2.75) is 32.2 Å². The topological polar surface area (TPSA) is 69.6 Å². The number of phenols is 1. The molecule has 0 heterocycles. The summed E-state index contributed by atoms with van der Waals surface area (Å²) in [5.74, 6) is -0.312. The summed E-state index contributed by atoms with van der Waals surface area (Å²) >= 11 is 4.11. The molecule has 0 spiro atoms. The second-order valence-electron chi connectivity index (χ2n) is 4.63. The number of aliphatic hydroxyl groups excluding tert-OH is 1. The van der Waals surface area contributed by atoms with E-state index >= 15 is 0 Å². The van der Waals surface area contributed by atoms with Crippen LogP contribution < -0.4 is 5.32 Å². The molecule has 106 valence electrons. The van der Waals surface area contributed by atoms with Gasteiger partial charge in [-0.3, -0.25) is 4.79 Å². The minimum atomic E-state index is -0.467. The summed E-state index contributed by atoms with van der Waals surface area (Å²) < 4.78 is 1.54. The smallest absolute Gasteiger partial charge is 0.255 e. The van der Waals surface area contributed by atoms with Gasteiger partial charge in [0.1, 0.15) is 5.75 Å². The van der Waals surface area contributed by atoms with Crippen LogP contribution in [0.4, 0.5) is 0 Å². The number of carbonyl (C=O) groups is 1. The first-order chi connectivity index (χ1) is 8.83. The third kappa shape index (κ3) is 4.45. The summed E-state index contributed by atoms with van der Waals surface area (Å²) in [5.41, 5.74) is -0.195. The Bertz CT molecular complexity index is 479. The minimum absolute atomic E-state index is 0.000896. The molecule has 0 aliphatic carbocycles. The minimum Gasteiger partial charge on any atom is -0.506 e. The van der Waals surface area contributed by atoms with Crippen molar-refractivity contribution < 1.29 is 15.0 Å². The third-order valence-electron chi connectivity index (χ3n) is 3.13. The Hall–Kier alpha value is -0.0900. The largest absolute Gasteiger partial charge is 0.506 e. The zero-order chi connectivity index (χ0) is 14.6. The molecule has 0 saturated heterocycles. The first kappa shape index (κ1) is 17.0. The first-order valence-corrected chi connectivity index (χ1v) is 8.10. The van der Waals surface area contributed by atoms with Gasteiger partial charge in [0.25, 0.3) is 5.91 Å². The molecule has 0 aliphatic rings. The molecule has 1 atom stereocenters. The van der Waals surface area contributed by atoms with E-state index in [0.717, 1.165) is 3.57 Å². The van der Waals surface area contributed by atoms with Crippen LogP contribution in [0.3, 0.4) is 0 Å². The van der Waals surface area contributed by atoms with Crippen molar-refractivity contribution in [1.29, 1.82) is 0 Å². The van der Waals surface area contributed by atoms with E-state index in [1.807, 2.05) is 36.4 Å². The maximum atomic E-state index is 12.3. The molecule has 6 heteroatoms. The third-order valence-corrected chi connectivity index (χ3v) is 4.58. The zero-order valence-corrected chi connectivity index (χ0v) is 15.1. The van der Waals surface area contributed by atoms with Gasteiger partial charge in [-0.2, -0.15) is 0 Å². The van der Waals surface area contributed by atoms with E-state index in [9.17, 15) is 9.90 Å². The van der Waals surface area contributed by atoms with Crippen LogP contribution in [0.15, 0.2) is 12.1 Å². The van der Waals surface area contributed by atoms with Crippen LogP contribution in [0.2, 0.25) is 0 Å². The molecule has 0 aromatic heterocycles. The molecule has 1 unspecified atom stereocenters. The highest BCUT2D eigenvalue weighted by Crippen LogP contribution is 2.27. The second kappa shape index (κ2) is 7.07. The predicted octanol–water partition coefficient (Wildman–Crippen LogP) is 2.88. The summed E-state index contributed by atoms with van der Waals surface area (Å²) in [5, 5.41) is 21.9. The highest BCUT2D eigenvalue weighted by atomic mass is 127. The van der Waals surface area contributed by atoms with Gasteiger partial charge >= 0.3 is 0 Å². The fourth-order valence-electron chi connectivity index (χ4n) is 1.65.